The molecule has 0 atom stereocenters. The van der Waals surface area contributed by atoms with E-state index in [1.807, 2.05) is 19.2 Å². The first-order valence-electron chi connectivity index (χ1n) is 9.60. The van der Waals surface area contributed by atoms with E-state index in [0.29, 0.717) is 5.41 Å². The number of rotatable bonds is 3. The molecule has 2 aromatic rings. The van der Waals surface area contributed by atoms with E-state index in [1.54, 1.807) is 0 Å². The molecule has 0 saturated heterocycles. The zero-order valence-corrected chi connectivity index (χ0v) is 15.6. The van der Waals surface area contributed by atoms with Crippen LogP contribution in [0, 0.1) is 17.8 Å². The van der Waals surface area contributed by atoms with Crippen molar-refractivity contribution in [2.75, 3.05) is 7.11 Å². The minimum Gasteiger partial charge on any atom is -0.496 e. The van der Waals surface area contributed by atoms with Crippen LogP contribution in [0.4, 0.5) is 0 Å². The summed E-state index contributed by atoms with van der Waals surface area (Å²) in [6.45, 7) is 0. The molecule has 0 N–H and O–H groups in total. The lowest BCUT2D eigenvalue weighted by Gasteiger charge is -2.57. The van der Waals surface area contributed by atoms with Gasteiger partial charge in [0.05, 0.1) is 7.11 Å². The maximum atomic E-state index is 6.47. The van der Waals surface area contributed by atoms with Gasteiger partial charge in [-0.25, -0.2) is 0 Å². The van der Waals surface area contributed by atoms with E-state index in [1.165, 1.54) is 49.7 Å². The van der Waals surface area contributed by atoms with E-state index in [4.69, 9.17) is 16.3 Å². The van der Waals surface area contributed by atoms with Gasteiger partial charge in [0.2, 0.25) is 0 Å². The van der Waals surface area contributed by atoms with Crippen molar-refractivity contribution >= 4 is 11.6 Å². The average molecular weight is 353 g/mol. The summed E-state index contributed by atoms with van der Waals surface area (Å²) in [5, 5.41) is 0.823. The summed E-state index contributed by atoms with van der Waals surface area (Å²) in [5.74, 6) is 3.86. The molecular weight excluding hydrogens is 328 g/mol. The van der Waals surface area contributed by atoms with Gasteiger partial charge in [-0.05, 0) is 85.5 Å². The van der Waals surface area contributed by atoms with Crippen LogP contribution in [0.15, 0.2) is 42.5 Å². The molecule has 0 aromatic heterocycles. The lowest BCUT2D eigenvalue weighted by molar-refractivity contribution is -0.00613. The van der Waals surface area contributed by atoms with Crippen LogP contribution in [0.1, 0.15) is 44.1 Å². The summed E-state index contributed by atoms with van der Waals surface area (Å²) in [6, 6.07) is 14.9. The van der Waals surface area contributed by atoms with Crippen molar-refractivity contribution in [3.05, 3.63) is 53.1 Å². The molecule has 0 amide bonds. The van der Waals surface area contributed by atoms with Gasteiger partial charge in [-0.15, -0.1) is 0 Å². The van der Waals surface area contributed by atoms with Gasteiger partial charge in [0.1, 0.15) is 5.75 Å². The zero-order valence-electron chi connectivity index (χ0n) is 14.8. The zero-order chi connectivity index (χ0) is 17.0. The second-order valence-electron chi connectivity index (χ2n) is 8.59. The van der Waals surface area contributed by atoms with Crippen LogP contribution in [0.5, 0.6) is 5.75 Å². The SMILES string of the molecule is COc1ccc(-c2ccccc2Cl)cc1C12CC3CC(CC(C3)C1)C2. The highest BCUT2D eigenvalue weighted by molar-refractivity contribution is 6.33. The fourth-order valence-corrected chi connectivity index (χ4v) is 6.67. The lowest BCUT2D eigenvalue weighted by atomic mass is 9.48. The van der Waals surface area contributed by atoms with Gasteiger partial charge in [0.25, 0.3) is 0 Å². The molecule has 0 spiro atoms. The van der Waals surface area contributed by atoms with E-state index in [0.717, 1.165) is 34.1 Å². The predicted octanol–water partition coefficient (Wildman–Crippen LogP) is 6.48. The molecule has 0 unspecified atom stereocenters. The lowest BCUT2D eigenvalue weighted by Crippen LogP contribution is -2.48. The van der Waals surface area contributed by atoms with Gasteiger partial charge in [-0.3, -0.25) is 0 Å². The molecule has 0 radical (unpaired) electrons. The van der Waals surface area contributed by atoms with Gasteiger partial charge in [0, 0.05) is 16.1 Å². The highest BCUT2D eigenvalue weighted by Gasteiger charge is 2.52. The maximum absolute atomic E-state index is 6.47. The fraction of sp³-hybridized carbons (Fsp3) is 0.478. The van der Waals surface area contributed by atoms with E-state index < -0.39 is 0 Å². The van der Waals surface area contributed by atoms with E-state index in [2.05, 4.69) is 30.3 Å². The van der Waals surface area contributed by atoms with Crippen LogP contribution in [0.3, 0.4) is 0 Å². The summed E-state index contributed by atoms with van der Waals surface area (Å²) >= 11 is 6.47. The fourth-order valence-electron chi connectivity index (χ4n) is 6.43. The third-order valence-corrected chi connectivity index (χ3v) is 7.32. The Balaban J connectivity index is 1.63. The van der Waals surface area contributed by atoms with Gasteiger partial charge < -0.3 is 4.74 Å². The Morgan fingerprint density at radius 2 is 1.56 bits per heavy atom. The summed E-state index contributed by atoms with van der Waals surface area (Å²) in [7, 11) is 1.81. The largest absolute Gasteiger partial charge is 0.496 e. The molecule has 2 heteroatoms. The van der Waals surface area contributed by atoms with Gasteiger partial charge >= 0.3 is 0 Å². The molecule has 4 saturated carbocycles. The van der Waals surface area contributed by atoms with Crippen molar-refractivity contribution in [2.24, 2.45) is 17.8 Å². The smallest absolute Gasteiger partial charge is 0.122 e. The van der Waals surface area contributed by atoms with Gasteiger partial charge in [0.15, 0.2) is 0 Å². The Labute approximate surface area is 155 Å². The van der Waals surface area contributed by atoms with Crippen LogP contribution >= 0.6 is 11.6 Å². The van der Waals surface area contributed by atoms with Crippen molar-refractivity contribution in [1.82, 2.24) is 0 Å². The summed E-state index contributed by atoms with van der Waals surface area (Å²) in [4.78, 5) is 0. The first-order chi connectivity index (χ1) is 12.2. The summed E-state index contributed by atoms with van der Waals surface area (Å²) in [5.41, 5.74) is 4.11. The topological polar surface area (TPSA) is 9.23 Å². The second-order valence-corrected chi connectivity index (χ2v) is 9.00. The molecule has 0 aliphatic heterocycles. The van der Waals surface area contributed by atoms with Crippen molar-refractivity contribution < 1.29 is 4.74 Å². The number of hydrogen-bond acceptors (Lipinski definition) is 1. The number of hydrogen-bond donors (Lipinski definition) is 0. The van der Waals surface area contributed by atoms with Crippen molar-refractivity contribution in [2.45, 2.75) is 43.9 Å². The van der Waals surface area contributed by atoms with Gasteiger partial charge in [-0.2, -0.15) is 0 Å². The number of ether oxygens (including phenoxy) is 1. The molecule has 4 fully saturated rings. The average Bonchev–Trinajstić information content (AvgIpc) is 2.60. The molecular formula is C23H25ClO. The Morgan fingerprint density at radius 3 is 2.16 bits per heavy atom. The monoisotopic (exact) mass is 352 g/mol. The molecule has 25 heavy (non-hydrogen) atoms. The molecule has 4 aliphatic rings. The van der Waals surface area contributed by atoms with Crippen LogP contribution < -0.4 is 4.74 Å². The predicted molar refractivity (Wildman–Crippen MR) is 103 cm³/mol. The quantitative estimate of drug-likeness (QED) is 0.614. The summed E-state index contributed by atoms with van der Waals surface area (Å²) < 4.78 is 5.82. The summed E-state index contributed by atoms with van der Waals surface area (Å²) in [6.07, 6.45) is 8.44. The number of benzene rings is 2. The number of halogens is 1. The molecule has 0 heterocycles. The van der Waals surface area contributed by atoms with E-state index in [-0.39, 0.29) is 0 Å². The van der Waals surface area contributed by atoms with E-state index in [9.17, 15) is 0 Å². The highest BCUT2D eigenvalue weighted by Crippen LogP contribution is 2.62. The van der Waals surface area contributed by atoms with Crippen LogP contribution in [-0.4, -0.2) is 7.11 Å². The normalized spacial score (nSPS) is 32.8. The van der Waals surface area contributed by atoms with E-state index >= 15 is 0 Å². The Morgan fingerprint density at radius 1 is 0.920 bits per heavy atom. The molecule has 6 rings (SSSR count). The third kappa shape index (κ3) is 2.51. The van der Waals surface area contributed by atoms with Crippen molar-refractivity contribution in [3.8, 4) is 16.9 Å². The number of methoxy groups -OCH3 is 1. The second kappa shape index (κ2) is 5.77. The van der Waals surface area contributed by atoms with Crippen LogP contribution in [-0.2, 0) is 5.41 Å². The molecule has 1 nitrogen and oxygen atoms in total. The first-order valence-corrected chi connectivity index (χ1v) is 9.98. The van der Waals surface area contributed by atoms with Gasteiger partial charge in [-0.1, -0.05) is 35.9 Å². The Hall–Kier alpha value is -1.47. The highest BCUT2D eigenvalue weighted by atomic mass is 35.5. The Bertz CT molecular complexity index is 774. The minimum atomic E-state index is 0.331. The van der Waals surface area contributed by atoms with Crippen LogP contribution in [0.2, 0.25) is 5.02 Å². The Kier molecular flexibility index (Phi) is 3.64. The molecule has 4 aliphatic carbocycles. The standard InChI is InChI=1S/C23H25ClO/c1-25-22-7-6-18(19-4-2-3-5-21(19)24)11-20(22)23-12-15-8-16(13-23)10-17(9-15)14-23/h2-7,11,15-17H,8-10,12-14H2,1H3. The first kappa shape index (κ1) is 15.8. The third-order valence-electron chi connectivity index (χ3n) is 6.99. The molecule has 2 aromatic carbocycles. The van der Waals surface area contributed by atoms with Crippen LogP contribution in [0.25, 0.3) is 11.1 Å². The van der Waals surface area contributed by atoms with Crippen molar-refractivity contribution in [3.63, 3.8) is 0 Å². The van der Waals surface area contributed by atoms with Crippen molar-refractivity contribution in [1.29, 1.82) is 0 Å². The minimum absolute atomic E-state index is 0.331. The maximum Gasteiger partial charge on any atom is 0.122 e. The molecule has 4 bridgehead atoms. The molecule has 130 valence electrons.